The number of methoxy groups -OCH3 is 1. The molecule has 0 spiro atoms. The van der Waals surface area contributed by atoms with E-state index in [-0.39, 0.29) is 33.0 Å². The van der Waals surface area contributed by atoms with E-state index in [9.17, 15) is 19.7 Å². The first-order valence-electron chi connectivity index (χ1n) is 12.4. The molecule has 0 aliphatic heterocycles. The molecule has 0 aliphatic carbocycles. The molecule has 6 aromatic rings. The largest absolute Gasteiger partial charge is 0.490 e. The molecule has 3 aromatic heterocycles. The Morgan fingerprint density at radius 2 is 1.73 bits per heavy atom. The molecule has 0 saturated heterocycles. The number of aromatic nitrogens is 5. The van der Waals surface area contributed by atoms with Crippen molar-refractivity contribution < 1.29 is 9.66 Å². The zero-order chi connectivity index (χ0) is 28.5. The number of hydrogen-bond acceptors (Lipinski definition) is 9. The predicted molar refractivity (Wildman–Crippen MR) is 154 cm³/mol. The first-order valence-corrected chi connectivity index (χ1v) is 13.2. The van der Waals surface area contributed by atoms with Gasteiger partial charge in [0.15, 0.2) is 5.75 Å². The minimum atomic E-state index is -0.525. The van der Waals surface area contributed by atoms with E-state index < -0.39 is 16.0 Å². The maximum absolute atomic E-state index is 13.4. The summed E-state index contributed by atoms with van der Waals surface area (Å²) in [5, 5.41) is 20.7. The van der Waals surface area contributed by atoms with Crippen LogP contribution in [0, 0.1) is 10.1 Å². The lowest BCUT2D eigenvalue weighted by molar-refractivity contribution is -0.385. The summed E-state index contributed by atoms with van der Waals surface area (Å²) in [6.45, 7) is 0. The average molecular weight is 565 g/mol. The third-order valence-electron chi connectivity index (χ3n) is 6.36. The van der Waals surface area contributed by atoms with Gasteiger partial charge in [-0.3, -0.25) is 19.7 Å². The number of para-hydroxylation sites is 1. The van der Waals surface area contributed by atoms with Crippen molar-refractivity contribution in [2.75, 3.05) is 7.11 Å². The molecule has 0 bridgehead atoms. The van der Waals surface area contributed by atoms with E-state index in [2.05, 4.69) is 10.1 Å². The third kappa shape index (κ3) is 4.99. The molecule has 0 unspecified atom stereocenters. The van der Waals surface area contributed by atoms with Crippen molar-refractivity contribution in [2.45, 2.75) is 6.42 Å². The van der Waals surface area contributed by atoms with Gasteiger partial charge in [-0.1, -0.05) is 59.9 Å². The fourth-order valence-corrected chi connectivity index (χ4v) is 5.29. The molecular weight excluding hydrogens is 544 g/mol. The summed E-state index contributed by atoms with van der Waals surface area (Å²) in [4.78, 5) is 41.5. The fourth-order valence-electron chi connectivity index (χ4n) is 4.39. The first-order chi connectivity index (χ1) is 19.9. The van der Waals surface area contributed by atoms with Crippen molar-refractivity contribution in [3.05, 3.63) is 137 Å². The van der Waals surface area contributed by atoms with Crippen LogP contribution in [-0.4, -0.2) is 36.4 Å². The molecule has 202 valence electrons. The summed E-state index contributed by atoms with van der Waals surface area (Å²) in [7, 11) is 1.36. The maximum atomic E-state index is 13.4. The Kier molecular flexibility index (Phi) is 6.65. The quantitative estimate of drug-likeness (QED) is 0.213. The van der Waals surface area contributed by atoms with Gasteiger partial charge in [0.2, 0.25) is 4.96 Å². The Morgan fingerprint density at radius 1 is 1.00 bits per heavy atom. The number of hydrogen-bond donors (Lipinski definition) is 0. The second kappa shape index (κ2) is 10.6. The minimum Gasteiger partial charge on any atom is -0.490 e. The second-order valence-corrected chi connectivity index (χ2v) is 10.0. The lowest BCUT2D eigenvalue weighted by Crippen LogP contribution is -2.28. The Balaban J connectivity index is 1.51. The van der Waals surface area contributed by atoms with Crippen LogP contribution < -0.4 is 20.4 Å². The number of rotatable bonds is 7. The molecular formula is C29H20N6O5S. The molecule has 3 heterocycles. The van der Waals surface area contributed by atoms with Crippen LogP contribution in [-0.2, 0) is 6.42 Å². The van der Waals surface area contributed by atoms with Crippen molar-refractivity contribution in [1.29, 1.82) is 0 Å². The van der Waals surface area contributed by atoms with Gasteiger partial charge in [-0.05, 0) is 35.9 Å². The summed E-state index contributed by atoms with van der Waals surface area (Å²) in [5.74, 6) is 0.117. The van der Waals surface area contributed by atoms with Gasteiger partial charge >= 0.3 is 5.69 Å². The van der Waals surface area contributed by atoms with Crippen molar-refractivity contribution in [1.82, 2.24) is 24.4 Å². The van der Waals surface area contributed by atoms with Crippen molar-refractivity contribution in [2.24, 2.45) is 0 Å². The molecule has 0 atom stereocenters. The number of nitro groups is 1. The molecule has 0 N–H and O–H groups in total. The molecule has 0 radical (unpaired) electrons. The summed E-state index contributed by atoms with van der Waals surface area (Å²) < 4.78 is 8.19. The van der Waals surface area contributed by atoms with Crippen LogP contribution in [0.25, 0.3) is 28.0 Å². The van der Waals surface area contributed by atoms with E-state index in [1.165, 1.54) is 19.2 Å². The predicted octanol–water partition coefficient (Wildman–Crippen LogP) is 3.42. The lowest BCUT2D eigenvalue weighted by Gasteiger charge is -2.04. The molecule has 0 amide bonds. The second-order valence-electron chi connectivity index (χ2n) is 8.99. The summed E-state index contributed by atoms with van der Waals surface area (Å²) in [5.41, 5.74) is 2.06. The zero-order valence-electron chi connectivity index (χ0n) is 21.5. The van der Waals surface area contributed by atoms with E-state index in [0.29, 0.717) is 16.8 Å². The van der Waals surface area contributed by atoms with Gasteiger partial charge in [-0.2, -0.15) is 19.7 Å². The highest BCUT2D eigenvalue weighted by Crippen LogP contribution is 2.33. The van der Waals surface area contributed by atoms with Crippen LogP contribution in [0.2, 0.25) is 0 Å². The fraction of sp³-hybridized carbons (Fsp3) is 0.0690. The SMILES string of the molecule is COc1ccc(-c2nn(-c3ccccc3)cc2C=c2sc3nc(=O)c(Cc4ccccc4)nn3c2=O)cc1[N+](=O)[O-]. The third-order valence-corrected chi connectivity index (χ3v) is 7.32. The normalized spacial score (nSPS) is 11.7. The average Bonchev–Trinajstić information content (AvgIpc) is 3.54. The highest BCUT2D eigenvalue weighted by molar-refractivity contribution is 7.15. The Morgan fingerprint density at radius 3 is 2.44 bits per heavy atom. The summed E-state index contributed by atoms with van der Waals surface area (Å²) in [6.07, 6.45) is 3.60. The van der Waals surface area contributed by atoms with Crippen molar-refractivity contribution in [3.8, 4) is 22.7 Å². The standard InChI is InChI=1S/C29H20N6O5S/c1-40-24-13-12-19(15-23(24)35(38)39)26-20(17-33(32-26)21-10-6-3-7-11-21)16-25-28(37)34-29(41-25)30-27(36)22(31-34)14-18-8-4-2-5-9-18/h2-13,15-17H,14H2,1H3. The molecule has 6 rings (SSSR count). The Hall–Kier alpha value is -5.49. The van der Waals surface area contributed by atoms with E-state index in [4.69, 9.17) is 9.84 Å². The van der Waals surface area contributed by atoms with Crippen LogP contribution in [0.4, 0.5) is 5.69 Å². The van der Waals surface area contributed by atoms with Crippen LogP contribution in [0.3, 0.4) is 0 Å². The number of ether oxygens (including phenoxy) is 1. The van der Waals surface area contributed by atoms with E-state index in [1.807, 2.05) is 60.7 Å². The highest BCUT2D eigenvalue weighted by Gasteiger charge is 2.20. The van der Waals surface area contributed by atoms with Gasteiger partial charge in [0, 0.05) is 29.8 Å². The van der Waals surface area contributed by atoms with Gasteiger partial charge < -0.3 is 4.74 Å². The van der Waals surface area contributed by atoms with Gasteiger partial charge in [-0.15, -0.1) is 0 Å². The molecule has 12 heteroatoms. The van der Waals surface area contributed by atoms with Crippen LogP contribution in [0.1, 0.15) is 16.8 Å². The summed E-state index contributed by atoms with van der Waals surface area (Å²) in [6, 6.07) is 23.2. The Labute approximate surface area is 235 Å². The van der Waals surface area contributed by atoms with E-state index in [1.54, 1.807) is 23.0 Å². The smallest absolute Gasteiger partial charge is 0.311 e. The Bertz CT molecular complexity index is 2090. The lowest BCUT2D eigenvalue weighted by atomic mass is 10.1. The number of fused-ring (bicyclic) bond motifs is 1. The molecule has 3 aromatic carbocycles. The van der Waals surface area contributed by atoms with Gasteiger partial charge in [0.05, 0.1) is 22.3 Å². The molecule has 0 aliphatic rings. The number of benzene rings is 3. The van der Waals surface area contributed by atoms with Crippen LogP contribution in [0.15, 0.2) is 94.6 Å². The first kappa shape index (κ1) is 25.8. The molecule has 41 heavy (non-hydrogen) atoms. The van der Waals surface area contributed by atoms with E-state index in [0.717, 1.165) is 27.1 Å². The highest BCUT2D eigenvalue weighted by atomic mass is 32.1. The van der Waals surface area contributed by atoms with Crippen molar-refractivity contribution in [3.63, 3.8) is 0 Å². The monoisotopic (exact) mass is 564 g/mol. The maximum Gasteiger partial charge on any atom is 0.311 e. The molecule has 0 saturated carbocycles. The zero-order valence-corrected chi connectivity index (χ0v) is 22.3. The van der Waals surface area contributed by atoms with E-state index >= 15 is 0 Å². The summed E-state index contributed by atoms with van der Waals surface area (Å²) >= 11 is 1.03. The van der Waals surface area contributed by atoms with Crippen LogP contribution >= 0.6 is 11.3 Å². The molecule has 0 fully saturated rings. The van der Waals surface area contributed by atoms with Gasteiger partial charge in [0.1, 0.15) is 11.4 Å². The minimum absolute atomic E-state index is 0.117. The van der Waals surface area contributed by atoms with Gasteiger partial charge in [-0.25, -0.2) is 4.68 Å². The van der Waals surface area contributed by atoms with Crippen molar-refractivity contribution >= 4 is 28.1 Å². The molecule has 11 nitrogen and oxygen atoms in total. The number of nitro benzene ring substituents is 1. The number of nitrogens with zero attached hydrogens (tertiary/aromatic N) is 6. The van der Waals surface area contributed by atoms with Crippen LogP contribution in [0.5, 0.6) is 5.75 Å². The van der Waals surface area contributed by atoms with Gasteiger partial charge in [0.25, 0.3) is 11.1 Å². The topological polar surface area (TPSA) is 135 Å². The number of thiazole rings is 1.